The predicted molar refractivity (Wildman–Crippen MR) is 65.3 cm³/mol. The molecule has 2 heterocycles. The third-order valence-corrected chi connectivity index (χ3v) is 2.73. The van der Waals surface area contributed by atoms with Gasteiger partial charge in [0.25, 0.3) is 0 Å². The van der Waals surface area contributed by atoms with Crippen LogP contribution >= 0.6 is 0 Å². The first-order valence-electron chi connectivity index (χ1n) is 5.43. The molecule has 0 saturated heterocycles. The van der Waals surface area contributed by atoms with Crippen molar-refractivity contribution in [2.24, 2.45) is 0 Å². The van der Waals surface area contributed by atoms with E-state index in [1.807, 2.05) is 6.07 Å². The zero-order valence-corrected chi connectivity index (χ0v) is 9.39. The van der Waals surface area contributed by atoms with Crippen molar-refractivity contribution in [1.82, 2.24) is 20.4 Å². The topological polar surface area (TPSA) is 80.5 Å². The Morgan fingerprint density at radius 2 is 1.94 bits per heavy atom. The van der Waals surface area contributed by atoms with Crippen LogP contribution in [0.3, 0.4) is 0 Å². The molecular weight excluding hydrogens is 233 g/mol. The second-order valence-corrected chi connectivity index (χ2v) is 4.00. The van der Waals surface area contributed by atoms with Crippen LogP contribution in [-0.4, -0.2) is 20.4 Å². The predicted octanol–water partition coefficient (Wildman–Crippen LogP) is 1.66. The second kappa shape index (κ2) is 4.06. The number of hydrogen-bond donors (Lipinski definition) is 2. The third-order valence-electron chi connectivity index (χ3n) is 2.73. The highest BCUT2D eigenvalue weighted by Crippen LogP contribution is 2.18. The first-order valence-corrected chi connectivity index (χ1v) is 5.43. The lowest BCUT2D eigenvalue weighted by molar-refractivity contribution is 0.627. The maximum atomic E-state index is 12.8. The summed E-state index contributed by atoms with van der Waals surface area (Å²) in [6.45, 7) is 0. The van der Waals surface area contributed by atoms with E-state index in [0.717, 1.165) is 11.1 Å². The van der Waals surface area contributed by atoms with Gasteiger partial charge in [-0.1, -0.05) is 12.1 Å². The van der Waals surface area contributed by atoms with Crippen molar-refractivity contribution >= 4 is 17.0 Å². The lowest BCUT2D eigenvalue weighted by Crippen LogP contribution is -1.99. The molecule has 18 heavy (non-hydrogen) atoms. The van der Waals surface area contributed by atoms with Crippen LogP contribution in [0, 0.1) is 5.82 Å². The molecular formula is C12H10FN5. The van der Waals surface area contributed by atoms with Gasteiger partial charge in [0, 0.05) is 12.0 Å². The summed E-state index contributed by atoms with van der Waals surface area (Å²) in [6, 6.07) is 8.13. The molecule has 5 nitrogen and oxygen atoms in total. The molecule has 0 aliphatic rings. The summed E-state index contributed by atoms with van der Waals surface area (Å²) in [5.41, 5.74) is 8.84. The SMILES string of the molecule is Nc1nc2n[nH]nc2cc1Cc1ccc(F)cc1. The number of nitrogens with two attached hydrogens (primary N) is 1. The minimum Gasteiger partial charge on any atom is -0.383 e. The molecule has 1 aromatic carbocycles. The van der Waals surface area contributed by atoms with Crippen LogP contribution in [0.15, 0.2) is 30.3 Å². The molecule has 0 aliphatic carbocycles. The number of pyridine rings is 1. The number of anilines is 1. The second-order valence-electron chi connectivity index (χ2n) is 4.00. The largest absolute Gasteiger partial charge is 0.383 e. The summed E-state index contributed by atoms with van der Waals surface area (Å²) in [5.74, 6) is 0.164. The van der Waals surface area contributed by atoms with Crippen LogP contribution in [0.2, 0.25) is 0 Å². The molecule has 3 rings (SSSR count). The number of hydrogen-bond acceptors (Lipinski definition) is 4. The van der Waals surface area contributed by atoms with E-state index in [2.05, 4.69) is 20.4 Å². The Morgan fingerprint density at radius 3 is 2.72 bits per heavy atom. The van der Waals surface area contributed by atoms with Gasteiger partial charge in [0.2, 0.25) is 5.65 Å². The van der Waals surface area contributed by atoms with E-state index in [1.165, 1.54) is 12.1 Å². The average molecular weight is 243 g/mol. The number of H-pyrrole nitrogens is 1. The number of nitrogens with one attached hydrogen (secondary N) is 1. The number of nitrogens with zero attached hydrogens (tertiary/aromatic N) is 3. The van der Waals surface area contributed by atoms with Gasteiger partial charge >= 0.3 is 0 Å². The van der Waals surface area contributed by atoms with Crippen molar-refractivity contribution in [2.75, 3.05) is 5.73 Å². The molecule has 2 aromatic heterocycles. The smallest absolute Gasteiger partial charge is 0.203 e. The van der Waals surface area contributed by atoms with Crippen LogP contribution in [0.1, 0.15) is 11.1 Å². The van der Waals surface area contributed by atoms with E-state index in [4.69, 9.17) is 5.73 Å². The Kier molecular flexibility index (Phi) is 2.40. The lowest BCUT2D eigenvalue weighted by Gasteiger charge is -2.04. The van der Waals surface area contributed by atoms with Gasteiger partial charge in [0.05, 0.1) is 0 Å². The normalized spacial score (nSPS) is 10.9. The first kappa shape index (κ1) is 10.6. The number of halogens is 1. The van der Waals surface area contributed by atoms with Gasteiger partial charge in [-0.3, -0.25) is 0 Å². The number of rotatable bonds is 2. The van der Waals surface area contributed by atoms with E-state index >= 15 is 0 Å². The standard InChI is InChI=1S/C12H10FN5/c13-9-3-1-7(2-4-9)5-8-6-10-12(15-11(8)14)17-18-16-10/h1-4,6H,5H2,(H3,14,15,16,17,18). The molecule has 0 aliphatic heterocycles. The fraction of sp³-hybridized carbons (Fsp3) is 0.0833. The van der Waals surface area contributed by atoms with Crippen LogP contribution in [-0.2, 0) is 6.42 Å². The van der Waals surface area contributed by atoms with Crippen molar-refractivity contribution in [3.05, 3.63) is 47.3 Å². The third kappa shape index (κ3) is 1.88. The monoisotopic (exact) mass is 243 g/mol. The van der Waals surface area contributed by atoms with Crippen molar-refractivity contribution in [2.45, 2.75) is 6.42 Å². The minimum atomic E-state index is -0.253. The van der Waals surface area contributed by atoms with Gasteiger partial charge in [-0.2, -0.15) is 10.3 Å². The van der Waals surface area contributed by atoms with Crippen molar-refractivity contribution in [3.8, 4) is 0 Å². The summed E-state index contributed by atoms with van der Waals surface area (Å²) in [7, 11) is 0. The van der Waals surface area contributed by atoms with Crippen molar-refractivity contribution < 1.29 is 4.39 Å². The molecule has 3 N–H and O–H groups in total. The molecule has 0 atom stereocenters. The van der Waals surface area contributed by atoms with E-state index in [0.29, 0.717) is 23.4 Å². The Labute approximate surface area is 102 Å². The van der Waals surface area contributed by atoms with Crippen LogP contribution in [0.25, 0.3) is 11.2 Å². The van der Waals surface area contributed by atoms with Gasteiger partial charge in [0.1, 0.15) is 17.2 Å². The highest BCUT2D eigenvalue weighted by atomic mass is 19.1. The van der Waals surface area contributed by atoms with E-state index < -0.39 is 0 Å². The first-order chi connectivity index (χ1) is 8.72. The molecule has 0 bridgehead atoms. The van der Waals surface area contributed by atoms with Gasteiger partial charge in [-0.15, -0.1) is 5.10 Å². The Morgan fingerprint density at radius 1 is 1.17 bits per heavy atom. The highest BCUT2D eigenvalue weighted by Gasteiger charge is 2.07. The summed E-state index contributed by atoms with van der Waals surface area (Å²) < 4.78 is 12.8. The lowest BCUT2D eigenvalue weighted by atomic mass is 10.1. The van der Waals surface area contributed by atoms with Gasteiger partial charge < -0.3 is 5.73 Å². The molecule has 0 unspecified atom stereocenters. The van der Waals surface area contributed by atoms with Crippen LogP contribution in [0.4, 0.5) is 10.2 Å². The Hall–Kier alpha value is -2.50. The van der Waals surface area contributed by atoms with E-state index in [-0.39, 0.29) is 5.82 Å². The minimum absolute atomic E-state index is 0.253. The molecule has 90 valence electrons. The number of aromatic nitrogens is 4. The molecule has 0 fully saturated rings. The van der Waals surface area contributed by atoms with Crippen LogP contribution < -0.4 is 5.73 Å². The number of fused-ring (bicyclic) bond motifs is 1. The fourth-order valence-corrected chi connectivity index (χ4v) is 1.80. The maximum absolute atomic E-state index is 12.8. The molecule has 3 aromatic rings. The number of benzene rings is 1. The number of aromatic amines is 1. The Bertz CT molecular complexity index is 689. The fourth-order valence-electron chi connectivity index (χ4n) is 1.80. The molecule has 0 amide bonds. The summed E-state index contributed by atoms with van der Waals surface area (Å²) in [5, 5.41) is 10.3. The van der Waals surface area contributed by atoms with Gasteiger partial charge in [-0.05, 0) is 23.8 Å². The zero-order valence-electron chi connectivity index (χ0n) is 9.39. The summed E-state index contributed by atoms with van der Waals surface area (Å²) in [6.07, 6.45) is 0.585. The maximum Gasteiger partial charge on any atom is 0.203 e. The van der Waals surface area contributed by atoms with E-state index in [1.54, 1.807) is 12.1 Å². The molecule has 6 heteroatoms. The molecule has 0 spiro atoms. The Balaban J connectivity index is 1.98. The van der Waals surface area contributed by atoms with Crippen molar-refractivity contribution in [3.63, 3.8) is 0 Å². The van der Waals surface area contributed by atoms with Crippen molar-refractivity contribution in [1.29, 1.82) is 0 Å². The summed E-state index contributed by atoms with van der Waals surface area (Å²) >= 11 is 0. The molecule has 0 saturated carbocycles. The van der Waals surface area contributed by atoms with E-state index in [9.17, 15) is 4.39 Å². The zero-order chi connectivity index (χ0) is 12.5. The quantitative estimate of drug-likeness (QED) is 0.717. The van der Waals surface area contributed by atoms with Gasteiger partial charge in [-0.25, -0.2) is 9.37 Å². The highest BCUT2D eigenvalue weighted by molar-refractivity contribution is 5.73. The average Bonchev–Trinajstić information content (AvgIpc) is 2.79. The molecule has 0 radical (unpaired) electrons. The van der Waals surface area contributed by atoms with Crippen LogP contribution in [0.5, 0.6) is 0 Å². The van der Waals surface area contributed by atoms with Gasteiger partial charge in [0.15, 0.2) is 0 Å². The number of nitrogen functional groups attached to an aromatic ring is 1. The summed E-state index contributed by atoms with van der Waals surface area (Å²) in [4.78, 5) is 4.15.